The molecule has 166 valence electrons. The first kappa shape index (κ1) is 22.0. The van der Waals surface area contributed by atoms with Crippen LogP contribution >= 0.6 is 0 Å². The van der Waals surface area contributed by atoms with Gasteiger partial charge in [-0.05, 0) is 39.9 Å². The van der Waals surface area contributed by atoms with E-state index < -0.39 is 18.1 Å². The van der Waals surface area contributed by atoms with Gasteiger partial charge in [-0.15, -0.1) is 6.42 Å². The van der Waals surface area contributed by atoms with Crippen molar-refractivity contribution in [1.29, 1.82) is 0 Å². The summed E-state index contributed by atoms with van der Waals surface area (Å²) < 4.78 is 15.8. The highest BCUT2D eigenvalue weighted by Gasteiger charge is 2.30. The van der Waals surface area contributed by atoms with Gasteiger partial charge in [-0.1, -0.05) is 66.6 Å². The number of esters is 1. The lowest BCUT2D eigenvalue weighted by atomic mass is 9.98. The summed E-state index contributed by atoms with van der Waals surface area (Å²) in [5, 5.41) is 2.61. The highest BCUT2D eigenvalue weighted by Crippen LogP contribution is 2.44. The van der Waals surface area contributed by atoms with Crippen LogP contribution in [0, 0.1) is 12.3 Å². The van der Waals surface area contributed by atoms with E-state index in [1.54, 1.807) is 24.3 Å². The summed E-state index contributed by atoms with van der Waals surface area (Å²) in [6.45, 7) is 0.282. The van der Waals surface area contributed by atoms with Crippen LogP contribution in [0.3, 0.4) is 0 Å². The Morgan fingerprint density at radius 2 is 1.58 bits per heavy atom. The van der Waals surface area contributed by atoms with Gasteiger partial charge >= 0.3 is 12.1 Å². The minimum atomic E-state index is -1.02. The van der Waals surface area contributed by atoms with Crippen LogP contribution in [0.1, 0.15) is 28.7 Å². The maximum Gasteiger partial charge on any atom is 0.408 e. The van der Waals surface area contributed by atoms with Gasteiger partial charge in [0, 0.05) is 5.92 Å². The third kappa shape index (κ3) is 4.68. The van der Waals surface area contributed by atoms with Gasteiger partial charge in [-0.2, -0.15) is 0 Å². The number of hydrogen-bond acceptors (Lipinski definition) is 5. The lowest BCUT2D eigenvalue weighted by molar-refractivity contribution is -0.143. The third-order valence-electron chi connectivity index (χ3n) is 5.58. The molecule has 0 heterocycles. The van der Waals surface area contributed by atoms with Crippen molar-refractivity contribution in [2.24, 2.45) is 0 Å². The van der Waals surface area contributed by atoms with Crippen LogP contribution < -0.4 is 10.1 Å². The zero-order chi connectivity index (χ0) is 23.2. The van der Waals surface area contributed by atoms with E-state index in [1.807, 2.05) is 36.4 Å². The number of fused-ring (bicyclic) bond motifs is 3. The Hall–Kier alpha value is -4.24. The van der Waals surface area contributed by atoms with Crippen molar-refractivity contribution >= 4 is 12.1 Å². The van der Waals surface area contributed by atoms with Crippen molar-refractivity contribution in [2.75, 3.05) is 20.3 Å². The van der Waals surface area contributed by atoms with E-state index in [0.29, 0.717) is 11.3 Å². The average molecular weight is 441 g/mol. The number of rotatable bonds is 7. The first-order chi connectivity index (χ1) is 16.1. The molecule has 4 rings (SSSR count). The summed E-state index contributed by atoms with van der Waals surface area (Å²) >= 11 is 0. The molecule has 1 aliphatic carbocycles. The van der Waals surface area contributed by atoms with E-state index in [1.165, 1.54) is 7.11 Å². The number of carbonyl (C=O) groups is 2. The fourth-order valence-electron chi connectivity index (χ4n) is 4.04. The third-order valence-corrected chi connectivity index (χ3v) is 5.58. The quantitative estimate of drug-likeness (QED) is 0.433. The number of hydrogen-bond donors (Lipinski definition) is 1. The number of amides is 1. The lowest BCUT2D eigenvalue weighted by Gasteiger charge is -2.19. The lowest BCUT2D eigenvalue weighted by Crippen LogP contribution is -2.35. The van der Waals surface area contributed by atoms with Crippen molar-refractivity contribution < 1.29 is 23.8 Å². The molecule has 0 saturated heterocycles. The Labute approximate surface area is 192 Å². The van der Waals surface area contributed by atoms with Crippen LogP contribution in [0.5, 0.6) is 5.75 Å². The Balaban J connectivity index is 1.45. The van der Waals surface area contributed by atoms with Crippen molar-refractivity contribution in [3.05, 3.63) is 89.5 Å². The Bertz CT molecular complexity index is 1150. The molecule has 6 nitrogen and oxygen atoms in total. The molecule has 0 fully saturated rings. The Morgan fingerprint density at radius 3 is 2.15 bits per heavy atom. The summed E-state index contributed by atoms with van der Waals surface area (Å²) in [5.41, 5.74) is 5.03. The van der Waals surface area contributed by atoms with E-state index in [2.05, 4.69) is 23.4 Å². The van der Waals surface area contributed by atoms with Gasteiger partial charge in [0.15, 0.2) is 6.04 Å². The van der Waals surface area contributed by atoms with Crippen LogP contribution in [0.2, 0.25) is 0 Å². The smallest absolute Gasteiger partial charge is 0.408 e. The summed E-state index contributed by atoms with van der Waals surface area (Å²) in [6, 6.07) is 21.8. The largest absolute Gasteiger partial charge is 0.481 e. The summed E-state index contributed by atoms with van der Waals surface area (Å²) in [6.07, 6.45) is 4.49. The van der Waals surface area contributed by atoms with Gasteiger partial charge in [-0.3, -0.25) is 0 Å². The molecule has 0 aromatic heterocycles. The second-order valence-corrected chi connectivity index (χ2v) is 7.49. The first-order valence-electron chi connectivity index (χ1n) is 10.5. The van der Waals surface area contributed by atoms with Crippen LogP contribution in [-0.2, 0) is 14.3 Å². The zero-order valence-corrected chi connectivity index (χ0v) is 18.1. The van der Waals surface area contributed by atoms with Crippen molar-refractivity contribution in [3.8, 4) is 29.2 Å². The maximum atomic E-state index is 12.6. The highest BCUT2D eigenvalue weighted by atomic mass is 16.6. The zero-order valence-electron chi connectivity index (χ0n) is 18.1. The molecule has 0 unspecified atom stereocenters. The van der Waals surface area contributed by atoms with Crippen LogP contribution in [0.15, 0.2) is 72.8 Å². The number of methoxy groups -OCH3 is 1. The van der Waals surface area contributed by atoms with Crippen molar-refractivity contribution in [3.63, 3.8) is 0 Å². The van der Waals surface area contributed by atoms with E-state index in [9.17, 15) is 9.59 Å². The van der Waals surface area contributed by atoms with Crippen LogP contribution in [0.25, 0.3) is 11.1 Å². The van der Waals surface area contributed by atoms with E-state index in [-0.39, 0.29) is 19.1 Å². The van der Waals surface area contributed by atoms with Gasteiger partial charge in [-0.25, -0.2) is 9.59 Å². The molecule has 0 spiro atoms. The van der Waals surface area contributed by atoms with Gasteiger partial charge < -0.3 is 19.5 Å². The molecule has 0 radical (unpaired) electrons. The number of carbonyl (C=O) groups excluding carboxylic acids is 2. The number of terminal acetylenes is 1. The van der Waals surface area contributed by atoms with Crippen molar-refractivity contribution in [2.45, 2.75) is 12.0 Å². The monoisotopic (exact) mass is 441 g/mol. The molecule has 1 atom stereocenters. The number of ether oxygens (including phenoxy) is 3. The predicted molar refractivity (Wildman–Crippen MR) is 124 cm³/mol. The fraction of sp³-hybridized carbons (Fsp3) is 0.185. The van der Waals surface area contributed by atoms with E-state index >= 15 is 0 Å². The summed E-state index contributed by atoms with van der Waals surface area (Å²) in [4.78, 5) is 25.0. The first-order valence-corrected chi connectivity index (χ1v) is 10.5. The molecule has 0 bridgehead atoms. The Morgan fingerprint density at radius 1 is 0.970 bits per heavy atom. The minimum absolute atomic E-state index is 0.0766. The van der Waals surface area contributed by atoms with Crippen molar-refractivity contribution in [1.82, 2.24) is 5.32 Å². The number of alkyl carbamates (subject to hydrolysis) is 1. The maximum absolute atomic E-state index is 12.6. The second kappa shape index (κ2) is 9.92. The summed E-state index contributed by atoms with van der Waals surface area (Å²) in [7, 11) is 1.26. The molecular weight excluding hydrogens is 418 g/mol. The van der Waals surface area contributed by atoms with Gasteiger partial charge in [0.2, 0.25) is 0 Å². The number of nitrogens with one attached hydrogen (secondary N) is 1. The van der Waals surface area contributed by atoms with Gasteiger partial charge in [0.25, 0.3) is 0 Å². The van der Waals surface area contributed by atoms with Gasteiger partial charge in [0.05, 0.1) is 7.11 Å². The molecule has 1 N–H and O–H groups in total. The average Bonchev–Trinajstić information content (AvgIpc) is 3.18. The van der Waals surface area contributed by atoms with Gasteiger partial charge in [0.1, 0.15) is 19.0 Å². The predicted octanol–water partition coefficient (Wildman–Crippen LogP) is 4.45. The van der Waals surface area contributed by atoms with Crippen LogP contribution in [0.4, 0.5) is 4.79 Å². The second-order valence-electron chi connectivity index (χ2n) is 7.49. The standard InChI is InChI=1S/C27H23NO5/c1-3-16-32-19-14-12-18(13-15-19)25(26(29)31-2)28-27(30)33-17-24-22-10-6-4-8-20(22)21-9-5-7-11-23(21)24/h1,4-15,24-25H,16-17H2,2H3,(H,28,30)/t25-/m0/s1. The Kier molecular flexibility index (Phi) is 6.61. The van der Waals surface area contributed by atoms with E-state index in [0.717, 1.165) is 22.3 Å². The molecule has 1 amide bonds. The molecule has 0 saturated carbocycles. The minimum Gasteiger partial charge on any atom is -0.481 e. The highest BCUT2D eigenvalue weighted by molar-refractivity contribution is 5.83. The normalized spacial score (nSPS) is 12.6. The molecule has 1 aliphatic rings. The van der Waals surface area contributed by atoms with E-state index in [4.69, 9.17) is 20.6 Å². The summed E-state index contributed by atoms with van der Waals surface area (Å²) in [5.74, 6) is 2.26. The molecule has 33 heavy (non-hydrogen) atoms. The SMILES string of the molecule is C#CCOc1ccc([C@H](NC(=O)OCC2c3ccccc3-c3ccccc32)C(=O)OC)cc1. The number of benzene rings is 3. The molecule has 0 aliphatic heterocycles. The topological polar surface area (TPSA) is 73.9 Å². The molecule has 3 aromatic rings. The molecule has 6 heteroatoms. The fourth-order valence-corrected chi connectivity index (χ4v) is 4.04. The van der Waals surface area contributed by atoms with Crippen LogP contribution in [-0.4, -0.2) is 32.4 Å². The molecular formula is C27H23NO5. The molecule has 3 aromatic carbocycles.